The zero-order valence-corrected chi connectivity index (χ0v) is 17.6. The predicted octanol–water partition coefficient (Wildman–Crippen LogP) is 3.21. The third-order valence-electron chi connectivity index (χ3n) is 5.64. The number of carbonyl (C=O) groups excluding carboxylic acids is 2. The summed E-state index contributed by atoms with van der Waals surface area (Å²) in [7, 11) is 0. The first-order valence-electron chi connectivity index (χ1n) is 10.1. The number of halogens is 4. The Kier molecular flexibility index (Phi) is 5.70. The van der Waals surface area contributed by atoms with E-state index in [0.29, 0.717) is 10.5 Å². The van der Waals surface area contributed by atoms with Crippen LogP contribution in [-0.4, -0.2) is 51.0 Å². The number of β-lactam (4-membered cyclic amide) rings is 1. The first kappa shape index (κ1) is 23.5. The minimum atomic E-state index is -4.93. The van der Waals surface area contributed by atoms with Gasteiger partial charge in [-0.3, -0.25) is 19.5 Å². The molecule has 2 aromatic rings. The number of likely N-dealkylation sites (tertiary alicyclic amines) is 1. The lowest BCUT2D eigenvalue weighted by Gasteiger charge is -2.43. The van der Waals surface area contributed by atoms with Gasteiger partial charge in [0.25, 0.3) is 0 Å². The van der Waals surface area contributed by atoms with Gasteiger partial charge in [0.15, 0.2) is 11.5 Å². The molecule has 1 saturated heterocycles. The molecule has 12 heteroatoms. The highest BCUT2D eigenvalue weighted by Crippen LogP contribution is 2.45. The average molecular weight is 482 g/mol. The molecule has 180 valence electrons. The Morgan fingerprint density at radius 1 is 1.24 bits per heavy atom. The van der Waals surface area contributed by atoms with E-state index in [-0.39, 0.29) is 17.9 Å². The molecule has 8 nitrogen and oxygen atoms in total. The molecule has 34 heavy (non-hydrogen) atoms. The summed E-state index contributed by atoms with van der Waals surface area (Å²) in [6.07, 6.45) is -3.26. The molecule has 1 N–H and O–H groups in total. The van der Waals surface area contributed by atoms with Crippen LogP contribution < -0.4 is 9.47 Å². The van der Waals surface area contributed by atoms with Crippen molar-refractivity contribution in [3.63, 3.8) is 0 Å². The number of alkyl halides is 4. The summed E-state index contributed by atoms with van der Waals surface area (Å²) in [4.78, 5) is 41.3. The number of fused-ring (bicyclic) bond motifs is 1. The summed E-state index contributed by atoms with van der Waals surface area (Å²) >= 11 is 0. The number of rotatable bonds is 6. The van der Waals surface area contributed by atoms with Crippen LogP contribution in [0.3, 0.4) is 0 Å². The van der Waals surface area contributed by atoms with Gasteiger partial charge in [-0.2, -0.15) is 17.6 Å². The maximum atomic E-state index is 13.9. The maximum absolute atomic E-state index is 13.9. The Bertz CT molecular complexity index is 1140. The quantitative estimate of drug-likeness (QED) is 0.498. The number of ether oxygens (including phenoxy) is 2. The highest BCUT2D eigenvalue weighted by atomic mass is 19.4. The van der Waals surface area contributed by atoms with Gasteiger partial charge in [0.2, 0.25) is 11.8 Å². The SMILES string of the molecule is CC1(F)Oc2ccc([C@H](CC(=O)N3C(=O)[C@H](Cc4cccnc4)[C@H]3C(=O)O)C(F)(F)F)cc2O1. The molecule has 0 aliphatic carbocycles. The van der Waals surface area contributed by atoms with E-state index in [4.69, 9.17) is 9.47 Å². The molecule has 0 saturated carbocycles. The monoisotopic (exact) mass is 482 g/mol. The third kappa shape index (κ3) is 4.39. The number of carbonyl (C=O) groups is 3. The second-order valence-electron chi connectivity index (χ2n) is 8.10. The van der Waals surface area contributed by atoms with Gasteiger partial charge in [-0.05, 0) is 35.7 Å². The molecule has 1 aromatic heterocycles. The summed E-state index contributed by atoms with van der Waals surface area (Å²) in [6, 6.07) is 2.05. The van der Waals surface area contributed by atoms with Gasteiger partial charge in [0, 0.05) is 25.7 Å². The van der Waals surface area contributed by atoms with Gasteiger partial charge >= 0.3 is 18.2 Å². The molecule has 1 unspecified atom stereocenters. The van der Waals surface area contributed by atoms with Gasteiger partial charge < -0.3 is 14.6 Å². The standard InChI is InChI=1S/C22H18F4N2O6/c1-21(23)33-15-5-4-12(8-16(15)34-21)14(22(24,25)26)9-17(29)28-18(20(31)32)13(19(28)30)7-11-3-2-6-27-10-11/h2-6,8,10,13-14,18H,7,9H2,1H3,(H,31,32)/t13-,14+,18+,21?/m1/s1. The Balaban J connectivity index is 1.55. The number of imide groups is 1. The molecule has 4 atom stereocenters. The van der Waals surface area contributed by atoms with E-state index in [1.807, 2.05) is 0 Å². The summed E-state index contributed by atoms with van der Waals surface area (Å²) in [5, 5.41) is 9.53. The van der Waals surface area contributed by atoms with E-state index >= 15 is 0 Å². The molecule has 2 aliphatic rings. The van der Waals surface area contributed by atoms with Gasteiger partial charge in [-0.25, -0.2) is 4.79 Å². The smallest absolute Gasteiger partial charge is 0.404 e. The minimum absolute atomic E-state index is 0.0275. The Hall–Kier alpha value is -3.70. The molecule has 1 aromatic carbocycles. The van der Waals surface area contributed by atoms with Crippen molar-refractivity contribution in [1.82, 2.24) is 9.88 Å². The van der Waals surface area contributed by atoms with Gasteiger partial charge in [-0.15, -0.1) is 0 Å². The second kappa shape index (κ2) is 8.26. The van der Waals surface area contributed by atoms with Crippen LogP contribution in [-0.2, 0) is 20.8 Å². The fraction of sp³-hybridized carbons (Fsp3) is 0.364. The van der Waals surface area contributed by atoms with Crippen molar-refractivity contribution in [2.45, 2.75) is 43.9 Å². The minimum Gasteiger partial charge on any atom is -0.480 e. The van der Waals surface area contributed by atoms with Crippen molar-refractivity contribution in [2.24, 2.45) is 5.92 Å². The second-order valence-corrected chi connectivity index (χ2v) is 8.10. The first-order valence-corrected chi connectivity index (χ1v) is 10.1. The molecular formula is C22H18F4N2O6. The van der Waals surface area contributed by atoms with Crippen LogP contribution in [0.1, 0.15) is 30.4 Å². The molecule has 1 fully saturated rings. The van der Waals surface area contributed by atoms with E-state index < -0.39 is 59.9 Å². The molecule has 2 amide bonds. The Morgan fingerprint density at radius 3 is 2.56 bits per heavy atom. The predicted molar refractivity (Wildman–Crippen MR) is 105 cm³/mol. The highest BCUT2D eigenvalue weighted by Gasteiger charge is 2.55. The number of pyridine rings is 1. The topological polar surface area (TPSA) is 106 Å². The lowest BCUT2D eigenvalue weighted by Crippen LogP contribution is -2.67. The van der Waals surface area contributed by atoms with E-state index in [9.17, 15) is 37.1 Å². The van der Waals surface area contributed by atoms with Gasteiger partial charge in [0.1, 0.15) is 6.04 Å². The first-order chi connectivity index (χ1) is 15.9. The summed E-state index contributed by atoms with van der Waals surface area (Å²) < 4.78 is 65.1. The molecule has 2 aliphatic heterocycles. The van der Waals surface area contributed by atoms with E-state index in [2.05, 4.69) is 4.98 Å². The molecule has 0 bridgehead atoms. The lowest BCUT2D eigenvalue weighted by atomic mass is 9.81. The number of benzene rings is 1. The van der Waals surface area contributed by atoms with Crippen molar-refractivity contribution in [3.05, 3.63) is 53.9 Å². The zero-order valence-electron chi connectivity index (χ0n) is 17.6. The normalized spacial score (nSPS) is 24.5. The molecule has 4 rings (SSSR count). The molecule has 0 spiro atoms. The number of hydrogen-bond donors (Lipinski definition) is 1. The van der Waals surface area contributed by atoms with Crippen LogP contribution in [0, 0.1) is 5.92 Å². The van der Waals surface area contributed by atoms with Crippen molar-refractivity contribution in [3.8, 4) is 11.5 Å². The van der Waals surface area contributed by atoms with Crippen LogP contribution in [0.2, 0.25) is 0 Å². The van der Waals surface area contributed by atoms with Crippen LogP contribution in [0.4, 0.5) is 17.6 Å². The summed E-state index contributed by atoms with van der Waals surface area (Å²) in [5.74, 6) is -7.54. The van der Waals surface area contributed by atoms with Crippen LogP contribution >= 0.6 is 0 Å². The zero-order chi connectivity index (χ0) is 24.8. The van der Waals surface area contributed by atoms with Crippen LogP contribution in [0.25, 0.3) is 0 Å². The number of amides is 2. The van der Waals surface area contributed by atoms with E-state index in [1.165, 1.54) is 12.4 Å². The molecule has 3 heterocycles. The van der Waals surface area contributed by atoms with Crippen molar-refractivity contribution in [1.29, 1.82) is 0 Å². The highest BCUT2D eigenvalue weighted by molar-refractivity contribution is 6.08. The summed E-state index contributed by atoms with van der Waals surface area (Å²) in [5.41, 5.74) is 0.125. The largest absolute Gasteiger partial charge is 0.480 e. The number of aromatic nitrogens is 1. The molecular weight excluding hydrogens is 464 g/mol. The maximum Gasteiger partial charge on any atom is 0.404 e. The van der Waals surface area contributed by atoms with Crippen LogP contribution in [0.5, 0.6) is 11.5 Å². The average Bonchev–Trinajstić information content (AvgIpc) is 3.06. The van der Waals surface area contributed by atoms with E-state index in [0.717, 1.165) is 25.1 Å². The number of carboxylic acid groups (broad SMARTS) is 1. The van der Waals surface area contributed by atoms with Crippen molar-refractivity contribution < 1.29 is 46.5 Å². The lowest BCUT2D eigenvalue weighted by molar-refractivity contribution is -0.181. The number of carboxylic acids is 1. The fourth-order valence-electron chi connectivity index (χ4n) is 4.10. The number of aliphatic carboxylic acids is 1. The Morgan fingerprint density at radius 2 is 1.94 bits per heavy atom. The molecule has 0 radical (unpaired) electrons. The number of nitrogens with zero attached hydrogens (tertiary/aromatic N) is 2. The van der Waals surface area contributed by atoms with Crippen LogP contribution in [0.15, 0.2) is 42.7 Å². The van der Waals surface area contributed by atoms with Gasteiger partial charge in [-0.1, -0.05) is 12.1 Å². The number of hydrogen-bond acceptors (Lipinski definition) is 6. The van der Waals surface area contributed by atoms with Gasteiger partial charge in [0.05, 0.1) is 11.8 Å². The third-order valence-corrected chi connectivity index (χ3v) is 5.64. The van der Waals surface area contributed by atoms with Crippen molar-refractivity contribution in [2.75, 3.05) is 0 Å². The van der Waals surface area contributed by atoms with E-state index in [1.54, 1.807) is 12.1 Å². The summed E-state index contributed by atoms with van der Waals surface area (Å²) in [6.45, 7) is 0.931. The van der Waals surface area contributed by atoms with Crippen molar-refractivity contribution >= 4 is 17.8 Å². The fourth-order valence-corrected chi connectivity index (χ4v) is 4.10. The Labute approximate surface area is 190 Å².